The summed E-state index contributed by atoms with van der Waals surface area (Å²) in [5.74, 6) is -0.143. The monoisotopic (exact) mass is 248 g/mol. The van der Waals surface area contributed by atoms with Crippen LogP contribution >= 0.6 is 0 Å². The number of nitrogens with one attached hydrogen (secondary N) is 1. The Morgan fingerprint density at radius 3 is 2.78 bits per heavy atom. The van der Waals surface area contributed by atoms with Gasteiger partial charge in [0.1, 0.15) is 0 Å². The van der Waals surface area contributed by atoms with E-state index < -0.39 is 0 Å². The van der Waals surface area contributed by atoms with Crippen molar-refractivity contribution in [1.29, 1.82) is 0 Å². The van der Waals surface area contributed by atoms with Gasteiger partial charge in [-0.25, -0.2) is 0 Å². The fourth-order valence-electron chi connectivity index (χ4n) is 2.28. The molecular weight excluding hydrogens is 228 g/mol. The highest BCUT2D eigenvalue weighted by Crippen LogP contribution is 2.48. The standard InChI is InChI=1S/C14H20N2O2/c1-3-5-14(6-7-14)10-15-13(18)11-4-8-16(2)12(17)9-11/h4,8-9H,3,5-7,10H2,1-2H3,(H,15,18). The molecule has 0 unspecified atom stereocenters. The highest BCUT2D eigenvalue weighted by atomic mass is 16.2. The summed E-state index contributed by atoms with van der Waals surface area (Å²) < 4.78 is 1.45. The number of carbonyl (C=O) groups is 1. The van der Waals surface area contributed by atoms with Gasteiger partial charge in [-0.1, -0.05) is 13.3 Å². The zero-order valence-electron chi connectivity index (χ0n) is 11.0. The summed E-state index contributed by atoms with van der Waals surface area (Å²) in [6, 6.07) is 3.06. The molecule has 1 aromatic rings. The summed E-state index contributed by atoms with van der Waals surface area (Å²) in [6.07, 6.45) is 6.36. The molecule has 0 spiro atoms. The molecule has 0 atom stereocenters. The number of hydrogen-bond donors (Lipinski definition) is 1. The van der Waals surface area contributed by atoms with Crippen molar-refractivity contribution in [3.8, 4) is 0 Å². The van der Waals surface area contributed by atoms with Gasteiger partial charge in [-0.3, -0.25) is 9.59 Å². The van der Waals surface area contributed by atoms with Crippen molar-refractivity contribution < 1.29 is 4.79 Å². The van der Waals surface area contributed by atoms with Gasteiger partial charge in [-0.2, -0.15) is 0 Å². The summed E-state index contributed by atoms with van der Waals surface area (Å²) in [4.78, 5) is 23.4. The Kier molecular flexibility index (Phi) is 3.55. The normalized spacial score (nSPS) is 16.3. The molecule has 0 radical (unpaired) electrons. The minimum Gasteiger partial charge on any atom is -0.351 e. The summed E-state index contributed by atoms with van der Waals surface area (Å²) in [5, 5.41) is 2.95. The second-order valence-corrected chi connectivity index (χ2v) is 5.30. The number of aryl methyl sites for hydroxylation is 1. The number of hydrogen-bond acceptors (Lipinski definition) is 2. The lowest BCUT2D eigenvalue weighted by atomic mass is 10.0. The average molecular weight is 248 g/mol. The van der Waals surface area contributed by atoms with Crippen LogP contribution in [0.5, 0.6) is 0 Å². The first-order chi connectivity index (χ1) is 8.56. The Morgan fingerprint density at radius 2 is 2.22 bits per heavy atom. The summed E-state index contributed by atoms with van der Waals surface area (Å²) in [7, 11) is 1.67. The van der Waals surface area contributed by atoms with Gasteiger partial charge in [0.15, 0.2) is 0 Å². The fraction of sp³-hybridized carbons (Fsp3) is 0.571. The SMILES string of the molecule is CCCC1(CNC(=O)c2ccn(C)c(=O)c2)CC1. The van der Waals surface area contributed by atoms with Crippen molar-refractivity contribution in [1.82, 2.24) is 9.88 Å². The van der Waals surface area contributed by atoms with Crippen LogP contribution in [-0.2, 0) is 7.05 Å². The first-order valence-corrected chi connectivity index (χ1v) is 6.51. The molecule has 0 aliphatic heterocycles. The minimum absolute atomic E-state index is 0.143. The van der Waals surface area contributed by atoms with Gasteiger partial charge in [-0.05, 0) is 30.7 Å². The molecule has 1 aliphatic carbocycles. The number of nitrogens with zero attached hydrogens (tertiary/aromatic N) is 1. The quantitative estimate of drug-likeness (QED) is 0.862. The Bertz CT molecular complexity index is 501. The zero-order chi connectivity index (χ0) is 13.2. The van der Waals surface area contributed by atoms with Gasteiger partial charge in [0, 0.05) is 31.4 Å². The number of rotatable bonds is 5. The third kappa shape index (κ3) is 2.81. The van der Waals surface area contributed by atoms with Crippen LogP contribution in [-0.4, -0.2) is 17.0 Å². The van der Waals surface area contributed by atoms with Crippen molar-refractivity contribution in [3.63, 3.8) is 0 Å². The molecule has 4 heteroatoms. The lowest BCUT2D eigenvalue weighted by Gasteiger charge is -2.14. The molecule has 0 aromatic carbocycles. The van der Waals surface area contributed by atoms with E-state index in [0.717, 1.165) is 13.0 Å². The van der Waals surface area contributed by atoms with Crippen LogP contribution in [0.25, 0.3) is 0 Å². The number of amides is 1. The van der Waals surface area contributed by atoms with Crippen molar-refractivity contribution in [3.05, 3.63) is 34.2 Å². The highest BCUT2D eigenvalue weighted by Gasteiger charge is 2.41. The Hall–Kier alpha value is -1.58. The number of carbonyl (C=O) groups excluding carboxylic acids is 1. The van der Waals surface area contributed by atoms with Gasteiger partial charge < -0.3 is 9.88 Å². The first kappa shape index (κ1) is 12.9. The summed E-state index contributed by atoms with van der Waals surface area (Å²) >= 11 is 0. The Balaban J connectivity index is 1.96. The Morgan fingerprint density at radius 1 is 1.50 bits per heavy atom. The lowest BCUT2D eigenvalue weighted by molar-refractivity contribution is 0.0943. The molecule has 1 aromatic heterocycles. The molecule has 4 nitrogen and oxygen atoms in total. The van der Waals surface area contributed by atoms with E-state index in [9.17, 15) is 9.59 Å². The maximum absolute atomic E-state index is 11.9. The van der Waals surface area contributed by atoms with Gasteiger partial charge >= 0.3 is 0 Å². The van der Waals surface area contributed by atoms with Crippen LogP contribution < -0.4 is 10.9 Å². The number of pyridine rings is 1. The fourth-order valence-corrected chi connectivity index (χ4v) is 2.28. The van der Waals surface area contributed by atoms with Crippen LogP contribution in [0.4, 0.5) is 0 Å². The van der Waals surface area contributed by atoms with Crippen molar-refractivity contribution in [2.45, 2.75) is 32.6 Å². The van der Waals surface area contributed by atoms with Crippen LogP contribution in [0.15, 0.2) is 23.1 Å². The van der Waals surface area contributed by atoms with Crippen LogP contribution in [0.1, 0.15) is 43.0 Å². The second kappa shape index (κ2) is 4.96. The molecule has 18 heavy (non-hydrogen) atoms. The molecular formula is C14H20N2O2. The van der Waals surface area contributed by atoms with Gasteiger partial charge in [0.2, 0.25) is 0 Å². The molecule has 1 amide bonds. The third-order valence-electron chi connectivity index (χ3n) is 3.73. The predicted octanol–water partition coefficient (Wildman–Crippen LogP) is 1.70. The van der Waals surface area contributed by atoms with E-state index in [0.29, 0.717) is 11.0 Å². The van der Waals surface area contributed by atoms with E-state index in [4.69, 9.17) is 0 Å². The molecule has 1 saturated carbocycles. The molecule has 2 rings (SSSR count). The van der Waals surface area contributed by atoms with Crippen molar-refractivity contribution in [2.24, 2.45) is 12.5 Å². The molecule has 0 saturated heterocycles. The van der Waals surface area contributed by atoms with E-state index in [1.54, 1.807) is 19.3 Å². The molecule has 98 valence electrons. The van der Waals surface area contributed by atoms with Crippen LogP contribution in [0, 0.1) is 5.41 Å². The Labute approximate surface area is 107 Å². The highest BCUT2D eigenvalue weighted by molar-refractivity contribution is 5.94. The van der Waals surface area contributed by atoms with E-state index >= 15 is 0 Å². The zero-order valence-corrected chi connectivity index (χ0v) is 11.0. The maximum atomic E-state index is 11.9. The molecule has 1 fully saturated rings. The summed E-state index contributed by atoms with van der Waals surface area (Å²) in [5.41, 5.74) is 0.632. The molecule has 1 N–H and O–H groups in total. The summed E-state index contributed by atoms with van der Waals surface area (Å²) in [6.45, 7) is 2.90. The topological polar surface area (TPSA) is 51.1 Å². The van der Waals surface area contributed by atoms with Crippen LogP contribution in [0.2, 0.25) is 0 Å². The van der Waals surface area contributed by atoms with Crippen LogP contribution in [0.3, 0.4) is 0 Å². The predicted molar refractivity (Wildman–Crippen MR) is 70.6 cm³/mol. The van der Waals surface area contributed by atoms with Crippen molar-refractivity contribution in [2.75, 3.05) is 6.54 Å². The molecule has 1 aliphatic rings. The maximum Gasteiger partial charge on any atom is 0.251 e. The van der Waals surface area contributed by atoms with E-state index in [-0.39, 0.29) is 11.5 Å². The molecule has 1 heterocycles. The average Bonchev–Trinajstić information content (AvgIpc) is 3.11. The van der Waals surface area contributed by atoms with Gasteiger partial charge in [-0.15, -0.1) is 0 Å². The first-order valence-electron chi connectivity index (χ1n) is 6.51. The van der Waals surface area contributed by atoms with E-state index in [1.165, 1.54) is 29.9 Å². The third-order valence-corrected chi connectivity index (χ3v) is 3.73. The molecule has 0 bridgehead atoms. The number of aromatic nitrogens is 1. The minimum atomic E-state index is -0.155. The van der Waals surface area contributed by atoms with Crippen molar-refractivity contribution >= 4 is 5.91 Å². The lowest BCUT2D eigenvalue weighted by Crippen LogP contribution is -2.31. The largest absolute Gasteiger partial charge is 0.351 e. The smallest absolute Gasteiger partial charge is 0.251 e. The second-order valence-electron chi connectivity index (χ2n) is 5.30. The van der Waals surface area contributed by atoms with Gasteiger partial charge in [0.05, 0.1) is 0 Å². The van der Waals surface area contributed by atoms with E-state index in [1.807, 2.05) is 0 Å². The van der Waals surface area contributed by atoms with E-state index in [2.05, 4.69) is 12.2 Å². The van der Waals surface area contributed by atoms with Gasteiger partial charge in [0.25, 0.3) is 11.5 Å².